The Labute approximate surface area is 145 Å². The topological polar surface area (TPSA) is 82.7 Å². The summed E-state index contributed by atoms with van der Waals surface area (Å²) in [5, 5.41) is 21.0. The maximum Gasteiger partial charge on any atom is 0.188 e. The first-order chi connectivity index (χ1) is 11.1. The van der Waals surface area contributed by atoms with Crippen molar-refractivity contribution in [3.8, 4) is 6.07 Å². The summed E-state index contributed by atoms with van der Waals surface area (Å²) in [5.41, 5.74) is 0.937. The first-order valence-corrected chi connectivity index (χ1v) is 8.82. The van der Waals surface area contributed by atoms with E-state index in [0.717, 1.165) is 10.2 Å². The fraction of sp³-hybridized carbons (Fsp3) is 0.0667. The van der Waals surface area contributed by atoms with Crippen LogP contribution in [0.5, 0.6) is 0 Å². The predicted molar refractivity (Wildman–Crippen MR) is 93.5 cm³/mol. The van der Waals surface area contributed by atoms with Crippen LogP contribution in [0.3, 0.4) is 0 Å². The molecule has 0 radical (unpaired) electrons. The van der Waals surface area contributed by atoms with Crippen molar-refractivity contribution in [1.82, 2.24) is 15.0 Å². The Balaban J connectivity index is 2.18. The molecule has 114 valence electrons. The van der Waals surface area contributed by atoms with Crippen LogP contribution >= 0.6 is 34.7 Å². The van der Waals surface area contributed by atoms with Gasteiger partial charge in [0.1, 0.15) is 22.3 Å². The van der Waals surface area contributed by atoms with Crippen molar-refractivity contribution < 1.29 is 5.11 Å². The lowest BCUT2D eigenvalue weighted by atomic mass is 10.2. The molecule has 0 saturated carbocycles. The highest BCUT2D eigenvalue weighted by Gasteiger charge is 2.19. The number of hydrogen-bond acceptors (Lipinski definition) is 7. The summed E-state index contributed by atoms with van der Waals surface area (Å²) in [6, 6.07) is 9.52. The normalized spacial score (nSPS) is 12.0. The zero-order chi connectivity index (χ0) is 16.4. The van der Waals surface area contributed by atoms with Crippen LogP contribution in [-0.2, 0) is 0 Å². The number of allylic oxidation sites excluding steroid dienone is 1. The Morgan fingerprint density at radius 3 is 2.83 bits per heavy atom. The van der Waals surface area contributed by atoms with Gasteiger partial charge in [-0.15, -0.1) is 11.3 Å². The summed E-state index contributed by atoms with van der Waals surface area (Å²) in [6.07, 6.45) is 3.21. The van der Waals surface area contributed by atoms with E-state index in [0.29, 0.717) is 10.2 Å². The number of nitriles is 1. The highest BCUT2D eigenvalue weighted by atomic mass is 35.5. The van der Waals surface area contributed by atoms with Crippen LogP contribution in [0, 0.1) is 11.3 Å². The number of para-hydroxylation sites is 1. The molecule has 2 heterocycles. The molecule has 0 aliphatic heterocycles. The molecule has 3 rings (SSSR count). The Morgan fingerprint density at radius 2 is 2.13 bits per heavy atom. The van der Waals surface area contributed by atoms with Gasteiger partial charge in [0, 0.05) is 0 Å². The van der Waals surface area contributed by atoms with E-state index < -0.39 is 0 Å². The minimum absolute atomic E-state index is 0.0406. The lowest BCUT2D eigenvalue weighted by Gasteiger charge is -2.05. The average molecular weight is 361 g/mol. The Kier molecular flexibility index (Phi) is 4.48. The van der Waals surface area contributed by atoms with Crippen molar-refractivity contribution in [2.45, 2.75) is 5.16 Å². The van der Waals surface area contributed by atoms with E-state index in [1.807, 2.05) is 36.6 Å². The first-order valence-electron chi connectivity index (χ1n) is 6.40. The molecule has 0 amide bonds. The third kappa shape index (κ3) is 3.01. The van der Waals surface area contributed by atoms with Crippen LogP contribution in [0.4, 0.5) is 0 Å². The number of thioether (sulfide) groups is 1. The summed E-state index contributed by atoms with van der Waals surface area (Å²) in [7, 11) is 0. The average Bonchev–Trinajstić information content (AvgIpc) is 2.99. The highest BCUT2D eigenvalue weighted by Crippen LogP contribution is 2.32. The molecule has 23 heavy (non-hydrogen) atoms. The number of hydrogen-bond donors (Lipinski definition) is 1. The SMILES string of the molecule is CSc1ncc(Cl)c(/C(O)=C(/C#N)c2nc3ccccc3s2)n1. The molecule has 3 aromatic rings. The molecule has 1 N–H and O–H groups in total. The summed E-state index contributed by atoms with van der Waals surface area (Å²) in [6.45, 7) is 0. The molecule has 0 unspecified atom stereocenters. The maximum absolute atomic E-state index is 10.5. The van der Waals surface area contributed by atoms with Gasteiger partial charge in [0.25, 0.3) is 0 Å². The van der Waals surface area contributed by atoms with Gasteiger partial charge in [-0.2, -0.15) is 5.26 Å². The van der Waals surface area contributed by atoms with E-state index in [1.165, 1.54) is 29.3 Å². The van der Waals surface area contributed by atoms with E-state index in [1.54, 1.807) is 0 Å². The molecule has 2 aromatic heterocycles. The van der Waals surface area contributed by atoms with Gasteiger partial charge in [0.15, 0.2) is 10.9 Å². The van der Waals surface area contributed by atoms with Crippen molar-refractivity contribution in [1.29, 1.82) is 5.26 Å². The van der Waals surface area contributed by atoms with Crippen LogP contribution in [-0.4, -0.2) is 26.3 Å². The van der Waals surface area contributed by atoms with Gasteiger partial charge >= 0.3 is 0 Å². The predicted octanol–water partition coefficient (Wildman–Crippen LogP) is 4.41. The number of benzene rings is 1. The summed E-state index contributed by atoms with van der Waals surface area (Å²) in [4.78, 5) is 12.6. The lowest BCUT2D eigenvalue weighted by molar-refractivity contribution is 0.509. The van der Waals surface area contributed by atoms with Crippen LogP contribution in [0.2, 0.25) is 5.02 Å². The zero-order valence-electron chi connectivity index (χ0n) is 11.8. The van der Waals surface area contributed by atoms with Crippen LogP contribution < -0.4 is 0 Å². The van der Waals surface area contributed by atoms with Gasteiger partial charge < -0.3 is 5.11 Å². The van der Waals surface area contributed by atoms with Gasteiger partial charge in [-0.3, -0.25) is 0 Å². The molecule has 8 heteroatoms. The zero-order valence-corrected chi connectivity index (χ0v) is 14.2. The minimum Gasteiger partial charge on any atom is -0.504 e. The molecular weight excluding hydrogens is 352 g/mol. The van der Waals surface area contributed by atoms with Gasteiger partial charge in [-0.05, 0) is 18.4 Å². The van der Waals surface area contributed by atoms with Gasteiger partial charge in [-0.25, -0.2) is 15.0 Å². The van der Waals surface area contributed by atoms with Crippen molar-refractivity contribution in [2.75, 3.05) is 6.26 Å². The fourth-order valence-corrected chi connectivity index (χ4v) is 3.40. The molecule has 0 atom stereocenters. The largest absolute Gasteiger partial charge is 0.504 e. The number of nitrogens with zero attached hydrogens (tertiary/aromatic N) is 4. The number of fused-ring (bicyclic) bond motifs is 1. The third-order valence-electron chi connectivity index (χ3n) is 2.99. The van der Waals surface area contributed by atoms with Crippen molar-refractivity contribution in [3.05, 3.63) is 46.2 Å². The molecule has 0 aliphatic rings. The molecular formula is C15H9ClN4OS2. The molecule has 0 fully saturated rings. The number of aliphatic hydroxyl groups excluding tert-OH is 1. The van der Waals surface area contributed by atoms with E-state index in [-0.39, 0.29) is 22.0 Å². The molecule has 0 bridgehead atoms. The quantitative estimate of drug-likeness (QED) is 0.322. The molecule has 1 aromatic carbocycles. The second-order valence-corrected chi connectivity index (χ2v) is 6.59. The fourth-order valence-electron chi connectivity index (χ4n) is 1.91. The summed E-state index contributed by atoms with van der Waals surface area (Å²) in [5.74, 6) is -0.297. The molecule has 0 aliphatic carbocycles. The number of thiazole rings is 1. The summed E-state index contributed by atoms with van der Waals surface area (Å²) >= 11 is 8.70. The Morgan fingerprint density at radius 1 is 1.35 bits per heavy atom. The molecule has 0 spiro atoms. The highest BCUT2D eigenvalue weighted by molar-refractivity contribution is 7.98. The minimum atomic E-state index is -0.297. The summed E-state index contributed by atoms with van der Waals surface area (Å²) < 4.78 is 0.932. The van der Waals surface area contributed by atoms with Gasteiger partial charge in [-0.1, -0.05) is 35.5 Å². The molecule has 5 nitrogen and oxygen atoms in total. The maximum atomic E-state index is 10.5. The van der Waals surface area contributed by atoms with E-state index >= 15 is 0 Å². The second-order valence-electron chi connectivity index (χ2n) is 4.38. The second kappa shape index (κ2) is 6.54. The van der Waals surface area contributed by atoms with Gasteiger partial charge in [0.05, 0.1) is 21.4 Å². The number of aliphatic hydroxyl groups is 1. The van der Waals surface area contributed by atoms with Crippen LogP contribution in [0.1, 0.15) is 10.7 Å². The van der Waals surface area contributed by atoms with Crippen LogP contribution in [0.15, 0.2) is 35.6 Å². The Hall–Kier alpha value is -2.14. The number of rotatable bonds is 3. The number of halogens is 1. The molecule has 0 saturated heterocycles. The van der Waals surface area contributed by atoms with Crippen LogP contribution in [0.25, 0.3) is 21.5 Å². The smallest absolute Gasteiger partial charge is 0.188 e. The Bertz CT molecular complexity index is 929. The monoisotopic (exact) mass is 360 g/mol. The van der Waals surface area contributed by atoms with Crippen molar-refractivity contribution >= 4 is 56.2 Å². The van der Waals surface area contributed by atoms with Gasteiger partial charge in [0.2, 0.25) is 0 Å². The van der Waals surface area contributed by atoms with E-state index in [2.05, 4.69) is 15.0 Å². The third-order valence-corrected chi connectivity index (χ3v) is 4.88. The number of aromatic nitrogens is 3. The van der Waals surface area contributed by atoms with Crippen molar-refractivity contribution in [2.24, 2.45) is 0 Å². The standard InChI is InChI=1S/C15H9ClN4OS2/c1-22-15-18-7-9(16)12(20-15)13(21)8(6-17)14-19-10-4-2-3-5-11(10)23-14/h2-5,7,21H,1H3/b13-8+. The lowest BCUT2D eigenvalue weighted by Crippen LogP contribution is -1.97. The van der Waals surface area contributed by atoms with E-state index in [4.69, 9.17) is 11.6 Å². The first kappa shape index (κ1) is 15.7. The van der Waals surface area contributed by atoms with Crippen molar-refractivity contribution in [3.63, 3.8) is 0 Å². The van der Waals surface area contributed by atoms with E-state index in [9.17, 15) is 10.4 Å².